The van der Waals surface area contributed by atoms with Crippen LogP contribution in [0.2, 0.25) is 0 Å². The molecule has 0 spiro atoms. The molecule has 0 fully saturated rings. The van der Waals surface area contributed by atoms with Crippen molar-refractivity contribution in [2.24, 2.45) is 5.73 Å². The molecule has 2 aromatic carbocycles. The number of halogens is 1. The van der Waals surface area contributed by atoms with Gasteiger partial charge in [-0.05, 0) is 75.7 Å². The second-order valence-electron chi connectivity index (χ2n) is 11.6. The van der Waals surface area contributed by atoms with Crippen LogP contribution in [0.1, 0.15) is 59.9 Å². The number of nitrogens with zero attached hydrogens (tertiary/aromatic N) is 3. The number of ketones is 1. The molecule has 6 rings (SSSR count). The average Bonchev–Trinajstić information content (AvgIpc) is 3.61. The van der Waals surface area contributed by atoms with Gasteiger partial charge in [0.2, 0.25) is 11.8 Å². The number of aryl methyl sites for hydroxylation is 1. The molecule has 4 heterocycles. The number of carbonyl (C=O) groups excluding carboxylic acids is 2. The number of benzene rings is 2. The van der Waals surface area contributed by atoms with Crippen LogP contribution in [-0.2, 0) is 22.4 Å². The zero-order valence-corrected chi connectivity index (χ0v) is 25.0. The summed E-state index contributed by atoms with van der Waals surface area (Å²) in [5.41, 5.74) is 6.25. The second-order valence-corrected chi connectivity index (χ2v) is 11.6. The molecule has 45 heavy (non-hydrogen) atoms. The third-order valence-electron chi connectivity index (χ3n) is 8.13. The van der Waals surface area contributed by atoms with Crippen molar-refractivity contribution < 1.29 is 33.0 Å². The predicted molar refractivity (Wildman–Crippen MR) is 162 cm³/mol. The summed E-state index contributed by atoms with van der Waals surface area (Å²) in [6.45, 7) is 5.08. The van der Waals surface area contributed by atoms with E-state index in [1.165, 1.54) is 18.4 Å². The molecule has 0 saturated carbocycles. The number of primary amides is 1. The van der Waals surface area contributed by atoms with Crippen LogP contribution < -0.4 is 15.2 Å². The van der Waals surface area contributed by atoms with Crippen LogP contribution in [-0.4, -0.2) is 38.4 Å². The van der Waals surface area contributed by atoms with E-state index in [0.29, 0.717) is 50.7 Å². The molecule has 230 valence electrons. The number of hydrogen-bond acceptors (Lipinski definition) is 9. The zero-order valence-electron chi connectivity index (χ0n) is 25.0. The number of aromatic nitrogens is 3. The standard InChI is InChI=1S/C34H31FN4O6/c1-19-16-44-28(38-19)17-43-26-14-22(13-21-5-4-12-37-29(21)26)25(40)10-11-34(3,42)27-15-24-31(45-18-33(24,2)32(36)41)30(39-27)20-6-8-23(35)9-7-20/h4-9,12-16,42H,10-11,17-18H2,1-3H3,(H2,36,41)/t33-,34-/m0/s1. The Kier molecular flexibility index (Phi) is 7.57. The Labute approximate surface area is 258 Å². The van der Waals surface area contributed by atoms with E-state index in [9.17, 15) is 19.1 Å². The first-order valence-electron chi connectivity index (χ1n) is 14.4. The van der Waals surface area contributed by atoms with Gasteiger partial charge in [0.05, 0.1) is 11.4 Å². The van der Waals surface area contributed by atoms with Crippen LogP contribution in [0, 0.1) is 12.7 Å². The highest BCUT2D eigenvalue weighted by atomic mass is 19.1. The number of oxazole rings is 1. The molecule has 2 atom stereocenters. The van der Waals surface area contributed by atoms with Gasteiger partial charge in [0.1, 0.15) is 52.4 Å². The number of rotatable bonds is 10. The lowest BCUT2D eigenvalue weighted by Crippen LogP contribution is -2.40. The van der Waals surface area contributed by atoms with Crippen LogP contribution in [0.4, 0.5) is 4.39 Å². The molecule has 1 aliphatic heterocycles. The van der Waals surface area contributed by atoms with Crippen molar-refractivity contribution in [1.82, 2.24) is 15.0 Å². The maximum absolute atomic E-state index is 13.7. The number of ether oxygens (including phenoxy) is 2. The Hall–Kier alpha value is -5.16. The van der Waals surface area contributed by atoms with Gasteiger partial charge in [-0.1, -0.05) is 6.07 Å². The smallest absolute Gasteiger partial charge is 0.232 e. The lowest BCUT2D eigenvalue weighted by atomic mass is 9.81. The van der Waals surface area contributed by atoms with E-state index in [4.69, 9.17) is 24.6 Å². The quantitative estimate of drug-likeness (QED) is 0.200. The molecule has 5 aromatic rings. The van der Waals surface area contributed by atoms with Crippen LogP contribution in [0.25, 0.3) is 22.2 Å². The van der Waals surface area contributed by atoms with Gasteiger partial charge in [-0.15, -0.1) is 0 Å². The molecule has 11 heteroatoms. The van der Waals surface area contributed by atoms with E-state index >= 15 is 0 Å². The van der Waals surface area contributed by atoms with Gasteiger partial charge in [0.25, 0.3) is 0 Å². The number of Topliss-reactive ketones (excluding diaryl/α,β-unsaturated/α-hetero) is 1. The third kappa shape index (κ3) is 5.74. The van der Waals surface area contributed by atoms with Gasteiger partial charge in [-0.25, -0.2) is 14.4 Å². The van der Waals surface area contributed by atoms with E-state index in [-0.39, 0.29) is 37.5 Å². The fourth-order valence-corrected chi connectivity index (χ4v) is 5.33. The Morgan fingerprint density at radius 3 is 2.64 bits per heavy atom. The predicted octanol–water partition coefficient (Wildman–Crippen LogP) is 5.32. The molecule has 0 aliphatic carbocycles. The lowest BCUT2D eigenvalue weighted by molar-refractivity contribution is -0.123. The number of hydrogen-bond donors (Lipinski definition) is 2. The van der Waals surface area contributed by atoms with E-state index < -0.39 is 22.7 Å². The summed E-state index contributed by atoms with van der Waals surface area (Å²) in [6, 6.07) is 14.2. The summed E-state index contributed by atoms with van der Waals surface area (Å²) in [4.78, 5) is 39.4. The van der Waals surface area contributed by atoms with Crippen molar-refractivity contribution >= 4 is 22.6 Å². The van der Waals surface area contributed by atoms with Gasteiger partial charge in [0, 0.05) is 34.7 Å². The number of amides is 1. The summed E-state index contributed by atoms with van der Waals surface area (Å²) in [7, 11) is 0. The number of nitrogens with two attached hydrogens (primary N) is 1. The fraction of sp³-hybridized carbons (Fsp3) is 0.265. The Morgan fingerprint density at radius 2 is 1.93 bits per heavy atom. The molecule has 3 aromatic heterocycles. The van der Waals surface area contributed by atoms with Gasteiger partial charge >= 0.3 is 0 Å². The van der Waals surface area contributed by atoms with Gasteiger partial charge in [0.15, 0.2) is 12.4 Å². The highest BCUT2D eigenvalue weighted by molar-refractivity contribution is 6.01. The van der Waals surface area contributed by atoms with Crippen LogP contribution in [0.5, 0.6) is 11.5 Å². The van der Waals surface area contributed by atoms with Crippen molar-refractivity contribution in [2.45, 2.75) is 51.2 Å². The van der Waals surface area contributed by atoms with Crippen LogP contribution >= 0.6 is 0 Å². The van der Waals surface area contributed by atoms with Gasteiger partial charge < -0.3 is 24.7 Å². The average molecular weight is 611 g/mol. The molecule has 1 amide bonds. The molecule has 0 saturated heterocycles. The van der Waals surface area contributed by atoms with Crippen molar-refractivity contribution in [2.75, 3.05) is 6.61 Å². The minimum Gasteiger partial charge on any atom is -0.489 e. The van der Waals surface area contributed by atoms with Crippen molar-refractivity contribution in [3.05, 3.63) is 101 Å². The number of fused-ring (bicyclic) bond motifs is 2. The van der Waals surface area contributed by atoms with E-state index in [0.717, 1.165) is 5.69 Å². The Morgan fingerprint density at radius 1 is 1.16 bits per heavy atom. The summed E-state index contributed by atoms with van der Waals surface area (Å²) in [6.07, 6.45) is 3.14. The molecule has 3 N–H and O–H groups in total. The first-order valence-corrected chi connectivity index (χ1v) is 14.4. The molecular weight excluding hydrogens is 579 g/mol. The monoisotopic (exact) mass is 610 g/mol. The first-order chi connectivity index (χ1) is 21.4. The molecule has 0 bridgehead atoms. The number of pyridine rings is 2. The summed E-state index contributed by atoms with van der Waals surface area (Å²) < 4.78 is 31.0. The molecule has 1 aliphatic rings. The van der Waals surface area contributed by atoms with E-state index in [2.05, 4.69) is 9.97 Å². The minimum atomic E-state index is -1.60. The van der Waals surface area contributed by atoms with Crippen molar-refractivity contribution in [3.8, 4) is 22.8 Å². The first kappa shape index (κ1) is 29.9. The summed E-state index contributed by atoms with van der Waals surface area (Å²) in [5, 5.41) is 12.4. The van der Waals surface area contributed by atoms with Crippen molar-refractivity contribution in [1.29, 1.82) is 0 Å². The zero-order chi connectivity index (χ0) is 31.9. The Balaban J connectivity index is 1.29. The molecule has 0 unspecified atom stereocenters. The summed E-state index contributed by atoms with van der Waals surface area (Å²) in [5.74, 6) is -0.123. The lowest BCUT2D eigenvalue weighted by Gasteiger charge is -2.26. The maximum atomic E-state index is 13.7. The maximum Gasteiger partial charge on any atom is 0.232 e. The highest BCUT2D eigenvalue weighted by Gasteiger charge is 2.45. The summed E-state index contributed by atoms with van der Waals surface area (Å²) >= 11 is 0. The normalized spacial score (nSPS) is 17.0. The number of aliphatic hydroxyl groups is 1. The number of carbonyl (C=O) groups is 2. The van der Waals surface area contributed by atoms with Crippen molar-refractivity contribution in [3.63, 3.8) is 0 Å². The van der Waals surface area contributed by atoms with Gasteiger partial charge in [-0.3, -0.25) is 14.6 Å². The molecule has 10 nitrogen and oxygen atoms in total. The topological polar surface area (TPSA) is 151 Å². The largest absolute Gasteiger partial charge is 0.489 e. The molecule has 0 radical (unpaired) electrons. The van der Waals surface area contributed by atoms with E-state index in [1.807, 2.05) is 13.0 Å². The van der Waals surface area contributed by atoms with Crippen LogP contribution in [0.15, 0.2) is 71.5 Å². The van der Waals surface area contributed by atoms with Crippen LogP contribution in [0.3, 0.4) is 0 Å². The van der Waals surface area contributed by atoms with E-state index in [1.54, 1.807) is 56.4 Å². The molecular formula is C34H31FN4O6. The highest BCUT2D eigenvalue weighted by Crippen LogP contribution is 2.46. The second kappa shape index (κ2) is 11.4. The fourth-order valence-electron chi connectivity index (χ4n) is 5.33. The Bertz CT molecular complexity index is 1940. The van der Waals surface area contributed by atoms with Gasteiger partial charge in [-0.2, -0.15) is 0 Å². The minimum absolute atomic E-state index is 0.00544. The SMILES string of the molecule is Cc1coc(COc2cc(C(=O)CC[C@](C)(O)c3cc4c(c(-c5ccc(F)cc5)n3)OC[C@]4(C)C(N)=O)cc3cccnc23)n1. The third-order valence-corrected chi connectivity index (χ3v) is 8.13.